The number of fused-ring (bicyclic) bond motifs is 1. The number of esters is 1. The van der Waals surface area contributed by atoms with E-state index in [2.05, 4.69) is 25.5 Å². The third kappa shape index (κ3) is 8.34. The molecule has 0 bridgehead atoms. The van der Waals surface area contributed by atoms with Crippen LogP contribution in [0.25, 0.3) is 11.2 Å². The second-order valence-electron chi connectivity index (χ2n) is 11.1. The molecule has 0 aliphatic carbocycles. The fourth-order valence-electron chi connectivity index (χ4n) is 5.45. The van der Waals surface area contributed by atoms with E-state index in [4.69, 9.17) is 29.7 Å². The van der Waals surface area contributed by atoms with E-state index in [-0.39, 0.29) is 29.7 Å². The van der Waals surface area contributed by atoms with Gasteiger partial charge in [-0.05, 0) is 62.1 Å². The minimum Gasteiger partial charge on any atom is -0.484 e. The number of ether oxygens (including phenoxy) is 3. The van der Waals surface area contributed by atoms with Crippen LogP contribution in [0.4, 0.5) is 4.39 Å². The monoisotopic (exact) mass is 625 g/mol. The number of benzene rings is 1. The second-order valence-corrected chi connectivity index (χ2v) is 11.1. The minimum absolute atomic E-state index is 0.00704. The molecule has 4 heterocycles. The molecule has 0 N–H and O–H groups in total. The molecule has 0 atom stereocenters. The van der Waals surface area contributed by atoms with Gasteiger partial charge in [0.05, 0.1) is 37.1 Å². The average Bonchev–Trinajstić information content (AvgIpc) is 3.42. The minimum atomic E-state index is -0.594. The van der Waals surface area contributed by atoms with Crippen molar-refractivity contribution in [3.05, 3.63) is 77.1 Å². The van der Waals surface area contributed by atoms with Gasteiger partial charge in [-0.25, -0.2) is 24.1 Å². The first-order valence-corrected chi connectivity index (χ1v) is 15.5. The highest BCUT2D eigenvalue weighted by Gasteiger charge is 2.24. The van der Waals surface area contributed by atoms with Crippen molar-refractivity contribution in [2.24, 2.45) is 0 Å². The van der Waals surface area contributed by atoms with Crippen molar-refractivity contribution < 1.29 is 23.4 Å². The number of nitrogens with zero attached hydrogens (tertiary/aromatic N) is 7. The summed E-state index contributed by atoms with van der Waals surface area (Å²) < 4.78 is 33.0. The molecule has 5 rings (SSSR count). The number of hydrogen-bond donors (Lipinski definition) is 0. The van der Waals surface area contributed by atoms with Crippen LogP contribution >= 0.6 is 0 Å². The molecule has 3 aromatic heterocycles. The topological polar surface area (TPSA) is 139 Å². The Morgan fingerprint density at radius 2 is 1.85 bits per heavy atom. The first-order chi connectivity index (χ1) is 22.5. The number of nitriles is 2. The number of unbranched alkanes of at least 4 members (excludes halogenated alkanes) is 4. The third-order valence-corrected chi connectivity index (χ3v) is 7.89. The van der Waals surface area contributed by atoms with Crippen molar-refractivity contribution in [1.29, 1.82) is 10.5 Å². The lowest BCUT2D eigenvalue weighted by Crippen LogP contribution is -2.38. The highest BCUT2D eigenvalue weighted by molar-refractivity contribution is 5.89. The number of piperidine rings is 1. The number of halogens is 1. The molecular weight excluding hydrogens is 589 g/mol. The van der Waals surface area contributed by atoms with E-state index in [1.54, 1.807) is 18.2 Å². The van der Waals surface area contributed by atoms with Gasteiger partial charge < -0.3 is 18.8 Å². The number of imidazole rings is 1. The van der Waals surface area contributed by atoms with Gasteiger partial charge in [0.25, 0.3) is 0 Å². The average molecular weight is 626 g/mol. The van der Waals surface area contributed by atoms with Crippen LogP contribution < -0.4 is 9.47 Å². The van der Waals surface area contributed by atoms with Crippen LogP contribution in [0.15, 0.2) is 48.5 Å². The third-order valence-electron chi connectivity index (χ3n) is 7.89. The SMILES string of the molecule is COC(=O)c1ccc2nc(CN3CCC(Oc4cccc(COc5ccc(C#N)cc5F)n4)CC3)n(CCCCCCC#N)c2n1. The van der Waals surface area contributed by atoms with E-state index in [1.165, 1.54) is 19.2 Å². The number of carbonyl (C=O) groups is 1. The molecule has 4 aromatic rings. The van der Waals surface area contributed by atoms with Crippen LogP contribution in [0.5, 0.6) is 11.6 Å². The molecule has 0 amide bonds. The number of carbonyl (C=O) groups excluding carboxylic acids is 1. The van der Waals surface area contributed by atoms with Crippen molar-refractivity contribution >= 4 is 17.1 Å². The Bertz CT molecular complexity index is 1740. The molecule has 46 heavy (non-hydrogen) atoms. The largest absolute Gasteiger partial charge is 0.484 e. The Morgan fingerprint density at radius 3 is 2.61 bits per heavy atom. The lowest BCUT2D eigenvalue weighted by Gasteiger charge is -2.31. The lowest BCUT2D eigenvalue weighted by atomic mass is 10.1. The standard InChI is InChI=1S/C34H36FN7O4/c1-44-34(43)29-12-11-28-33(40-29)42(17-6-4-2-3-5-16-36)31(39-28)22-41-18-14-26(15-19-41)46-32-9-7-8-25(38-32)23-45-30-13-10-24(21-37)20-27(30)35/h7-13,20,26H,2-6,14-15,17-19,22-23H2,1H3. The summed E-state index contributed by atoms with van der Waals surface area (Å²) in [6.45, 7) is 3.05. The van der Waals surface area contributed by atoms with Gasteiger partial charge in [-0.1, -0.05) is 18.9 Å². The zero-order valence-electron chi connectivity index (χ0n) is 25.8. The van der Waals surface area contributed by atoms with Gasteiger partial charge in [0.2, 0.25) is 5.88 Å². The molecular formula is C34H36FN7O4. The highest BCUT2D eigenvalue weighted by atomic mass is 19.1. The number of methoxy groups -OCH3 is 1. The normalized spacial score (nSPS) is 13.7. The molecule has 12 heteroatoms. The van der Waals surface area contributed by atoms with E-state index in [9.17, 15) is 9.18 Å². The van der Waals surface area contributed by atoms with Crippen molar-refractivity contribution in [1.82, 2.24) is 24.4 Å². The Morgan fingerprint density at radius 1 is 1.02 bits per heavy atom. The fourth-order valence-corrected chi connectivity index (χ4v) is 5.45. The fraction of sp³-hybridized carbons (Fsp3) is 0.412. The predicted molar refractivity (Wildman–Crippen MR) is 166 cm³/mol. The summed E-state index contributed by atoms with van der Waals surface area (Å²) >= 11 is 0. The van der Waals surface area contributed by atoms with Crippen molar-refractivity contribution in [3.63, 3.8) is 0 Å². The molecule has 238 valence electrons. The Labute approximate surface area is 267 Å². The lowest BCUT2D eigenvalue weighted by molar-refractivity contribution is 0.0594. The highest BCUT2D eigenvalue weighted by Crippen LogP contribution is 2.23. The number of hydrogen-bond acceptors (Lipinski definition) is 10. The summed E-state index contributed by atoms with van der Waals surface area (Å²) in [6, 6.07) is 17.1. The second kappa shape index (κ2) is 15.8. The summed E-state index contributed by atoms with van der Waals surface area (Å²) in [4.78, 5) is 28.5. The Balaban J connectivity index is 1.18. The zero-order valence-corrected chi connectivity index (χ0v) is 25.8. The summed E-state index contributed by atoms with van der Waals surface area (Å²) in [5, 5.41) is 17.7. The van der Waals surface area contributed by atoms with Gasteiger partial charge in [-0.2, -0.15) is 10.5 Å². The summed E-state index contributed by atoms with van der Waals surface area (Å²) in [6.07, 6.45) is 5.97. The van der Waals surface area contributed by atoms with Crippen LogP contribution in [0.2, 0.25) is 0 Å². The maximum Gasteiger partial charge on any atom is 0.356 e. The van der Waals surface area contributed by atoms with Crippen LogP contribution in [0.1, 0.15) is 72.5 Å². The van der Waals surface area contributed by atoms with Crippen molar-refractivity contribution in [2.45, 2.75) is 70.7 Å². The molecule has 1 aliphatic heterocycles. The van der Waals surface area contributed by atoms with E-state index in [1.807, 2.05) is 18.2 Å². The first kappa shape index (κ1) is 32.3. The molecule has 0 radical (unpaired) electrons. The van der Waals surface area contributed by atoms with Gasteiger partial charge in [0.1, 0.15) is 24.1 Å². The number of aromatic nitrogens is 4. The van der Waals surface area contributed by atoms with Gasteiger partial charge in [0.15, 0.2) is 22.9 Å². The number of aryl methyl sites for hydroxylation is 1. The summed E-state index contributed by atoms with van der Waals surface area (Å²) in [5.74, 6) is 0.367. The molecule has 1 saturated heterocycles. The maximum atomic E-state index is 14.2. The first-order valence-electron chi connectivity index (χ1n) is 15.5. The van der Waals surface area contributed by atoms with Gasteiger partial charge in [0, 0.05) is 32.1 Å². The van der Waals surface area contributed by atoms with Gasteiger partial charge >= 0.3 is 5.97 Å². The Hall–Kier alpha value is -5.07. The van der Waals surface area contributed by atoms with E-state index in [0.29, 0.717) is 30.2 Å². The molecule has 1 aliphatic rings. The maximum absolute atomic E-state index is 14.2. The van der Waals surface area contributed by atoms with E-state index >= 15 is 0 Å². The zero-order chi connectivity index (χ0) is 32.3. The number of likely N-dealkylation sites (tertiary alicyclic amines) is 1. The smallest absolute Gasteiger partial charge is 0.356 e. The van der Waals surface area contributed by atoms with Crippen molar-refractivity contribution in [2.75, 3.05) is 20.2 Å². The summed E-state index contributed by atoms with van der Waals surface area (Å²) in [7, 11) is 1.34. The number of pyridine rings is 2. The van der Waals surface area contributed by atoms with E-state index in [0.717, 1.165) is 75.6 Å². The van der Waals surface area contributed by atoms with Crippen LogP contribution in [0, 0.1) is 28.5 Å². The Kier molecular flexibility index (Phi) is 11.1. The van der Waals surface area contributed by atoms with Gasteiger partial charge in [-0.15, -0.1) is 0 Å². The predicted octanol–water partition coefficient (Wildman–Crippen LogP) is 5.72. The molecule has 0 saturated carbocycles. The van der Waals surface area contributed by atoms with Gasteiger partial charge in [-0.3, -0.25) is 4.90 Å². The summed E-state index contributed by atoms with van der Waals surface area (Å²) in [5.41, 5.74) is 2.49. The molecule has 0 unspecified atom stereocenters. The van der Waals surface area contributed by atoms with E-state index < -0.39 is 11.8 Å². The van der Waals surface area contributed by atoms with Crippen LogP contribution in [-0.4, -0.2) is 56.7 Å². The quantitative estimate of drug-likeness (QED) is 0.126. The van der Waals surface area contributed by atoms with Crippen LogP contribution in [0.3, 0.4) is 0 Å². The van der Waals surface area contributed by atoms with Crippen LogP contribution in [-0.2, 0) is 24.4 Å². The number of rotatable bonds is 14. The molecule has 1 fully saturated rings. The van der Waals surface area contributed by atoms with Crippen molar-refractivity contribution in [3.8, 4) is 23.8 Å². The molecule has 1 aromatic carbocycles. The molecule has 0 spiro atoms. The molecule has 11 nitrogen and oxygen atoms in total.